The molecule has 0 spiro atoms. The van der Waals surface area contributed by atoms with Crippen molar-refractivity contribution in [3.8, 4) is 11.4 Å². The molecule has 1 aliphatic rings. The number of hydrogen-bond donors (Lipinski definition) is 3. The van der Waals surface area contributed by atoms with Gasteiger partial charge in [-0.1, -0.05) is 17.7 Å². The van der Waals surface area contributed by atoms with Gasteiger partial charge in [0.1, 0.15) is 11.6 Å². The van der Waals surface area contributed by atoms with Crippen LogP contribution in [0.5, 0.6) is 0 Å². The molecule has 1 saturated carbocycles. The maximum absolute atomic E-state index is 13.4. The number of nitrogens with one attached hydrogen (secondary N) is 3. The van der Waals surface area contributed by atoms with Crippen LogP contribution in [0.3, 0.4) is 0 Å². The van der Waals surface area contributed by atoms with Crippen molar-refractivity contribution in [2.45, 2.75) is 24.6 Å². The average molecular weight is 540 g/mol. The molecule has 0 bridgehead atoms. The highest BCUT2D eigenvalue weighted by molar-refractivity contribution is 7.90. The Labute approximate surface area is 218 Å². The zero-order chi connectivity index (χ0) is 26.2. The smallest absolute Gasteiger partial charge is 0.257 e. The van der Waals surface area contributed by atoms with Crippen LogP contribution < -0.4 is 15.4 Å². The number of amides is 1. The molecule has 37 heavy (non-hydrogen) atoms. The van der Waals surface area contributed by atoms with Crippen LogP contribution >= 0.6 is 11.6 Å². The van der Waals surface area contributed by atoms with E-state index in [0.717, 1.165) is 5.39 Å². The van der Waals surface area contributed by atoms with Gasteiger partial charge in [-0.3, -0.25) is 4.79 Å². The fourth-order valence-corrected chi connectivity index (χ4v) is 5.42. The Morgan fingerprint density at radius 2 is 1.81 bits per heavy atom. The highest BCUT2D eigenvalue weighted by Crippen LogP contribution is 2.29. The monoisotopic (exact) mass is 539 g/mol. The van der Waals surface area contributed by atoms with Crippen molar-refractivity contribution in [3.05, 3.63) is 82.6 Å². The molecule has 0 unspecified atom stereocenters. The number of aromatic nitrogens is 2. The molecule has 1 amide bonds. The lowest BCUT2D eigenvalue weighted by Gasteiger charge is -2.12. The lowest BCUT2D eigenvalue weighted by atomic mass is 10.1. The molecule has 0 atom stereocenters. The highest BCUT2D eigenvalue weighted by atomic mass is 35.5. The molecular weight excluding hydrogens is 517 g/mol. The summed E-state index contributed by atoms with van der Waals surface area (Å²) < 4.78 is 40.2. The van der Waals surface area contributed by atoms with Gasteiger partial charge in [0.05, 0.1) is 21.4 Å². The highest BCUT2D eigenvalue weighted by Gasteiger charge is 2.35. The van der Waals surface area contributed by atoms with Crippen molar-refractivity contribution in [1.82, 2.24) is 14.7 Å². The Balaban J connectivity index is 1.40. The standard InChI is InChI=1S/C26H23ClFN5O3S/c1-29-25-20-10-7-18(13-23(20)32-24(33-25)16-3-5-17(28)6-4-16)31-26(34)21-12-15(2-11-22(21)27)14-30-37(35,36)19-8-9-19/h2-7,10-13,19,30H,8-9,14H2,1H3,(H,31,34)(H,29,32,33). The summed E-state index contributed by atoms with van der Waals surface area (Å²) in [6.45, 7) is 0.0716. The number of rotatable bonds is 8. The Kier molecular flexibility index (Phi) is 6.80. The van der Waals surface area contributed by atoms with E-state index in [-0.39, 0.29) is 28.2 Å². The number of sulfonamides is 1. The zero-order valence-corrected chi connectivity index (χ0v) is 21.3. The van der Waals surface area contributed by atoms with E-state index in [4.69, 9.17) is 11.6 Å². The van der Waals surface area contributed by atoms with Gasteiger partial charge < -0.3 is 10.6 Å². The van der Waals surface area contributed by atoms with E-state index in [9.17, 15) is 17.6 Å². The molecule has 0 radical (unpaired) electrons. The molecule has 1 heterocycles. The van der Waals surface area contributed by atoms with Gasteiger partial charge in [0.15, 0.2) is 5.82 Å². The molecular formula is C26H23ClFN5O3S. The second-order valence-corrected chi connectivity index (χ2v) is 11.2. The number of fused-ring (bicyclic) bond motifs is 1. The molecule has 4 aromatic rings. The normalized spacial score (nSPS) is 13.5. The van der Waals surface area contributed by atoms with E-state index < -0.39 is 15.9 Å². The van der Waals surface area contributed by atoms with Gasteiger partial charge in [-0.25, -0.2) is 27.5 Å². The summed E-state index contributed by atoms with van der Waals surface area (Å²) in [5.41, 5.74) is 2.54. The summed E-state index contributed by atoms with van der Waals surface area (Å²) in [5.74, 6) is 0.195. The van der Waals surface area contributed by atoms with Gasteiger partial charge in [-0.2, -0.15) is 0 Å². The first-order valence-electron chi connectivity index (χ1n) is 11.6. The SMILES string of the molecule is CNc1nc(-c2ccc(F)cc2)nc2cc(NC(=O)c3cc(CNS(=O)(=O)C4CC4)ccc3Cl)ccc12. The van der Waals surface area contributed by atoms with E-state index in [0.29, 0.717) is 46.8 Å². The molecule has 190 valence electrons. The summed E-state index contributed by atoms with van der Waals surface area (Å²) in [6, 6.07) is 15.9. The molecule has 5 rings (SSSR count). The molecule has 1 aromatic heterocycles. The Morgan fingerprint density at radius 3 is 2.51 bits per heavy atom. The van der Waals surface area contributed by atoms with Crippen molar-refractivity contribution < 1.29 is 17.6 Å². The van der Waals surface area contributed by atoms with E-state index in [1.807, 2.05) is 0 Å². The third-order valence-electron chi connectivity index (χ3n) is 6.01. The molecule has 1 fully saturated rings. The topological polar surface area (TPSA) is 113 Å². The first-order valence-corrected chi connectivity index (χ1v) is 13.5. The zero-order valence-electron chi connectivity index (χ0n) is 19.8. The van der Waals surface area contributed by atoms with Crippen LogP contribution in [-0.4, -0.2) is 36.6 Å². The van der Waals surface area contributed by atoms with E-state index >= 15 is 0 Å². The molecule has 1 aliphatic carbocycles. The third-order valence-corrected chi connectivity index (χ3v) is 8.24. The average Bonchev–Trinajstić information content (AvgIpc) is 3.74. The minimum absolute atomic E-state index is 0.0716. The van der Waals surface area contributed by atoms with Crippen LogP contribution in [0, 0.1) is 5.82 Å². The van der Waals surface area contributed by atoms with Crippen LogP contribution in [-0.2, 0) is 16.6 Å². The summed E-state index contributed by atoms with van der Waals surface area (Å²) in [7, 11) is -1.61. The molecule has 3 N–H and O–H groups in total. The summed E-state index contributed by atoms with van der Waals surface area (Å²) in [6.07, 6.45) is 1.34. The van der Waals surface area contributed by atoms with Crippen molar-refractivity contribution >= 4 is 49.9 Å². The predicted octanol–water partition coefficient (Wildman–Crippen LogP) is 4.97. The van der Waals surface area contributed by atoms with Crippen LogP contribution in [0.15, 0.2) is 60.7 Å². The summed E-state index contributed by atoms with van der Waals surface area (Å²) in [4.78, 5) is 22.2. The predicted molar refractivity (Wildman–Crippen MR) is 143 cm³/mol. The van der Waals surface area contributed by atoms with E-state index in [2.05, 4.69) is 25.3 Å². The van der Waals surface area contributed by atoms with Gasteiger partial charge in [0, 0.05) is 30.2 Å². The fourth-order valence-electron chi connectivity index (χ4n) is 3.86. The minimum Gasteiger partial charge on any atom is -0.373 e. The summed E-state index contributed by atoms with van der Waals surface area (Å²) >= 11 is 6.29. The maximum atomic E-state index is 13.4. The minimum atomic E-state index is -3.35. The number of hydrogen-bond acceptors (Lipinski definition) is 6. The number of carbonyl (C=O) groups excluding carboxylic acids is 1. The molecule has 8 nitrogen and oxygen atoms in total. The van der Waals surface area contributed by atoms with E-state index in [1.54, 1.807) is 55.6 Å². The Bertz CT molecular complexity index is 1610. The van der Waals surface area contributed by atoms with Gasteiger partial charge in [-0.05, 0) is 73.0 Å². The molecule has 11 heteroatoms. The molecule has 0 aliphatic heterocycles. The number of carbonyl (C=O) groups is 1. The fraction of sp³-hybridized carbons (Fsp3) is 0.192. The number of halogens is 2. The lowest BCUT2D eigenvalue weighted by molar-refractivity contribution is 0.102. The van der Waals surface area contributed by atoms with Crippen LogP contribution in [0.1, 0.15) is 28.8 Å². The molecule has 3 aromatic carbocycles. The largest absolute Gasteiger partial charge is 0.373 e. The van der Waals surface area contributed by atoms with Gasteiger partial charge >= 0.3 is 0 Å². The third kappa shape index (κ3) is 5.56. The summed E-state index contributed by atoms with van der Waals surface area (Å²) in [5, 5.41) is 6.53. The first kappa shape index (κ1) is 25.1. The van der Waals surface area contributed by atoms with E-state index in [1.165, 1.54) is 12.1 Å². The van der Waals surface area contributed by atoms with Crippen LogP contribution in [0.4, 0.5) is 15.9 Å². The van der Waals surface area contributed by atoms with Crippen molar-refractivity contribution in [2.75, 3.05) is 17.7 Å². The first-order chi connectivity index (χ1) is 17.7. The molecule has 0 saturated heterocycles. The lowest BCUT2D eigenvalue weighted by Crippen LogP contribution is -2.26. The van der Waals surface area contributed by atoms with Gasteiger partial charge in [0.2, 0.25) is 10.0 Å². The van der Waals surface area contributed by atoms with Crippen molar-refractivity contribution in [3.63, 3.8) is 0 Å². The number of anilines is 2. The van der Waals surface area contributed by atoms with Crippen LogP contribution in [0.2, 0.25) is 5.02 Å². The van der Waals surface area contributed by atoms with Gasteiger partial charge in [0.25, 0.3) is 5.91 Å². The maximum Gasteiger partial charge on any atom is 0.257 e. The second-order valence-electron chi connectivity index (χ2n) is 8.72. The van der Waals surface area contributed by atoms with Crippen molar-refractivity contribution in [1.29, 1.82) is 0 Å². The quantitative estimate of drug-likeness (QED) is 0.291. The Hall–Kier alpha value is -3.60. The number of nitrogens with zero attached hydrogens (tertiary/aromatic N) is 2. The van der Waals surface area contributed by atoms with Gasteiger partial charge in [-0.15, -0.1) is 0 Å². The number of benzene rings is 3. The Morgan fingerprint density at radius 1 is 1.05 bits per heavy atom. The second kappa shape index (κ2) is 10.0. The van der Waals surface area contributed by atoms with Crippen molar-refractivity contribution in [2.24, 2.45) is 0 Å². The van der Waals surface area contributed by atoms with Crippen LogP contribution in [0.25, 0.3) is 22.3 Å².